The zero-order valence-corrected chi connectivity index (χ0v) is 10.8. The van der Waals surface area contributed by atoms with Crippen LogP contribution >= 0.6 is 23.4 Å². The van der Waals surface area contributed by atoms with Gasteiger partial charge in [0, 0.05) is 31.6 Å². The van der Waals surface area contributed by atoms with E-state index in [0.29, 0.717) is 12.4 Å². The average molecular weight is 259 g/mol. The maximum atomic E-state index is 12.0. The fourth-order valence-electron chi connectivity index (χ4n) is 1.84. The van der Waals surface area contributed by atoms with Gasteiger partial charge in [-0.15, -0.1) is 11.6 Å². The Bertz CT molecular complexity index is 354. The number of rotatable bonds is 2. The normalized spacial score (nSPS) is 25.2. The van der Waals surface area contributed by atoms with Gasteiger partial charge < -0.3 is 10.2 Å². The Hall–Kier alpha value is -0.610. The Kier molecular flexibility index (Phi) is 3.82. The fourth-order valence-corrected chi connectivity index (χ4v) is 3.44. The predicted octanol–water partition coefficient (Wildman–Crippen LogP) is 1.56. The minimum Gasteiger partial charge on any atom is -0.376 e. The summed E-state index contributed by atoms with van der Waals surface area (Å²) in [6.07, 6.45) is 4.91. The highest BCUT2D eigenvalue weighted by Gasteiger charge is 2.29. The van der Waals surface area contributed by atoms with Gasteiger partial charge in [0.2, 0.25) is 5.91 Å². The van der Waals surface area contributed by atoms with E-state index in [1.165, 1.54) is 5.57 Å². The zero-order chi connectivity index (χ0) is 11.5. The van der Waals surface area contributed by atoms with Crippen molar-refractivity contribution in [3.63, 3.8) is 0 Å². The lowest BCUT2D eigenvalue weighted by atomic mass is 10.2. The number of hydrogen-bond acceptors (Lipinski definition) is 3. The van der Waals surface area contributed by atoms with Crippen LogP contribution in [0.15, 0.2) is 22.8 Å². The topological polar surface area (TPSA) is 32.3 Å². The molecule has 0 bridgehead atoms. The smallest absolute Gasteiger partial charge is 0.236 e. The number of hydrogen-bond donors (Lipinski definition) is 1. The van der Waals surface area contributed by atoms with Crippen LogP contribution < -0.4 is 5.32 Å². The summed E-state index contributed by atoms with van der Waals surface area (Å²) in [5, 5.41) is 4.41. The molecule has 0 aromatic carbocycles. The lowest BCUT2D eigenvalue weighted by molar-refractivity contribution is -0.128. The molecule has 2 aliphatic heterocycles. The summed E-state index contributed by atoms with van der Waals surface area (Å²) < 4.78 is 0. The Labute approximate surface area is 105 Å². The van der Waals surface area contributed by atoms with Crippen LogP contribution in [0.4, 0.5) is 0 Å². The SMILES string of the molecule is CN1CC2=C(NCC=C2)SC(CCCl)C1=O. The molecule has 0 fully saturated rings. The van der Waals surface area contributed by atoms with Crippen molar-refractivity contribution in [1.82, 2.24) is 10.2 Å². The first-order valence-electron chi connectivity index (χ1n) is 5.33. The van der Waals surface area contributed by atoms with Crippen LogP contribution in [-0.2, 0) is 4.79 Å². The largest absolute Gasteiger partial charge is 0.376 e. The summed E-state index contributed by atoms with van der Waals surface area (Å²) in [7, 11) is 1.85. The summed E-state index contributed by atoms with van der Waals surface area (Å²) in [6, 6.07) is 0. The molecule has 0 saturated heterocycles. The molecule has 1 amide bonds. The monoisotopic (exact) mass is 258 g/mol. The van der Waals surface area contributed by atoms with Crippen LogP contribution in [0, 0.1) is 0 Å². The minimum absolute atomic E-state index is 0.0472. The molecule has 88 valence electrons. The van der Waals surface area contributed by atoms with Crippen molar-refractivity contribution >= 4 is 29.3 Å². The highest BCUT2D eigenvalue weighted by Crippen LogP contribution is 2.31. The molecule has 0 aromatic rings. The number of carbonyl (C=O) groups excluding carboxylic acids is 1. The first kappa shape index (κ1) is 11.9. The second-order valence-electron chi connectivity index (χ2n) is 3.92. The molecule has 1 atom stereocenters. The molecule has 0 aromatic heterocycles. The Morgan fingerprint density at radius 1 is 1.69 bits per heavy atom. The predicted molar refractivity (Wildman–Crippen MR) is 68.5 cm³/mol. The zero-order valence-electron chi connectivity index (χ0n) is 9.20. The number of nitrogens with zero attached hydrogens (tertiary/aromatic N) is 1. The maximum absolute atomic E-state index is 12.0. The molecule has 1 N–H and O–H groups in total. The van der Waals surface area contributed by atoms with E-state index in [9.17, 15) is 4.79 Å². The van der Waals surface area contributed by atoms with E-state index < -0.39 is 0 Å². The second kappa shape index (κ2) is 5.15. The molecule has 2 aliphatic rings. The number of thioether (sulfide) groups is 1. The van der Waals surface area contributed by atoms with Crippen molar-refractivity contribution in [2.45, 2.75) is 11.7 Å². The Morgan fingerprint density at radius 2 is 2.50 bits per heavy atom. The molecule has 0 aliphatic carbocycles. The molecular weight excluding hydrogens is 244 g/mol. The van der Waals surface area contributed by atoms with Crippen molar-refractivity contribution < 1.29 is 4.79 Å². The van der Waals surface area contributed by atoms with Gasteiger partial charge in [-0.05, 0) is 6.42 Å². The molecule has 2 rings (SSSR count). The molecule has 0 radical (unpaired) electrons. The average Bonchev–Trinajstić information content (AvgIpc) is 2.40. The number of alkyl halides is 1. The number of nitrogens with one attached hydrogen (secondary N) is 1. The van der Waals surface area contributed by atoms with Gasteiger partial charge >= 0.3 is 0 Å². The number of halogens is 1. The highest BCUT2D eigenvalue weighted by molar-refractivity contribution is 8.04. The van der Waals surface area contributed by atoms with Gasteiger partial charge in [0.05, 0.1) is 10.3 Å². The maximum Gasteiger partial charge on any atom is 0.236 e. The van der Waals surface area contributed by atoms with Crippen molar-refractivity contribution in [3.05, 3.63) is 22.8 Å². The van der Waals surface area contributed by atoms with Gasteiger partial charge in [-0.25, -0.2) is 0 Å². The van der Waals surface area contributed by atoms with E-state index >= 15 is 0 Å². The fraction of sp³-hybridized carbons (Fsp3) is 0.545. The molecule has 3 nitrogen and oxygen atoms in total. The third-order valence-electron chi connectivity index (χ3n) is 2.68. The molecular formula is C11H15ClN2OS. The van der Waals surface area contributed by atoms with E-state index in [0.717, 1.165) is 18.0 Å². The number of amides is 1. The lowest BCUT2D eigenvalue weighted by Crippen LogP contribution is -2.34. The summed E-state index contributed by atoms with van der Waals surface area (Å²) in [5.41, 5.74) is 1.20. The molecule has 16 heavy (non-hydrogen) atoms. The number of carbonyl (C=O) groups is 1. The van der Waals surface area contributed by atoms with Crippen LogP contribution in [0.5, 0.6) is 0 Å². The van der Waals surface area contributed by atoms with Crippen LogP contribution in [0.1, 0.15) is 6.42 Å². The van der Waals surface area contributed by atoms with Gasteiger partial charge in [-0.2, -0.15) is 0 Å². The quantitative estimate of drug-likeness (QED) is 0.763. The summed E-state index contributed by atoms with van der Waals surface area (Å²) in [4.78, 5) is 13.8. The van der Waals surface area contributed by atoms with Gasteiger partial charge in [0.15, 0.2) is 0 Å². The van der Waals surface area contributed by atoms with E-state index in [2.05, 4.69) is 17.5 Å². The van der Waals surface area contributed by atoms with Crippen LogP contribution in [0.3, 0.4) is 0 Å². The van der Waals surface area contributed by atoms with E-state index in [1.54, 1.807) is 16.7 Å². The van der Waals surface area contributed by atoms with Crippen LogP contribution in [0.25, 0.3) is 0 Å². The molecule has 2 heterocycles. The standard InChI is InChI=1S/C11H15ClN2OS/c1-14-7-8-3-2-6-13-10(8)16-9(4-5-12)11(14)15/h2-3,9,13H,4-7H2,1H3. The van der Waals surface area contributed by atoms with Crippen LogP contribution in [-0.4, -0.2) is 42.1 Å². The highest BCUT2D eigenvalue weighted by atomic mass is 35.5. The van der Waals surface area contributed by atoms with Gasteiger partial charge in [0.1, 0.15) is 0 Å². The van der Waals surface area contributed by atoms with Gasteiger partial charge in [0.25, 0.3) is 0 Å². The third-order valence-corrected chi connectivity index (χ3v) is 4.26. The van der Waals surface area contributed by atoms with Crippen molar-refractivity contribution in [2.24, 2.45) is 0 Å². The third kappa shape index (κ3) is 2.38. The summed E-state index contributed by atoms with van der Waals surface area (Å²) in [6.45, 7) is 1.53. The van der Waals surface area contributed by atoms with Crippen molar-refractivity contribution in [1.29, 1.82) is 0 Å². The minimum atomic E-state index is -0.0472. The van der Waals surface area contributed by atoms with E-state index in [1.807, 2.05) is 7.05 Å². The van der Waals surface area contributed by atoms with Gasteiger partial charge in [-0.3, -0.25) is 4.79 Å². The Balaban J connectivity index is 2.22. The molecule has 0 spiro atoms. The number of likely N-dealkylation sites (N-methyl/N-ethyl adjacent to an activating group) is 1. The summed E-state index contributed by atoms with van der Waals surface area (Å²) >= 11 is 7.36. The van der Waals surface area contributed by atoms with E-state index in [-0.39, 0.29) is 11.2 Å². The number of dihydropyridines is 1. The van der Waals surface area contributed by atoms with Crippen molar-refractivity contribution in [2.75, 3.05) is 26.0 Å². The second-order valence-corrected chi connectivity index (χ2v) is 5.51. The molecule has 5 heteroatoms. The Morgan fingerprint density at radius 3 is 3.25 bits per heavy atom. The van der Waals surface area contributed by atoms with Crippen molar-refractivity contribution in [3.8, 4) is 0 Å². The molecule has 0 saturated carbocycles. The first-order valence-corrected chi connectivity index (χ1v) is 6.75. The lowest BCUT2D eigenvalue weighted by Gasteiger charge is -2.18. The summed E-state index contributed by atoms with van der Waals surface area (Å²) in [5.74, 6) is 0.700. The van der Waals surface area contributed by atoms with Gasteiger partial charge in [-0.1, -0.05) is 23.9 Å². The molecule has 1 unspecified atom stereocenters. The van der Waals surface area contributed by atoms with E-state index in [4.69, 9.17) is 11.6 Å². The van der Waals surface area contributed by atoms with Crippen LogP contribution in [0.2, 0.25) is 0 Å². The first-order chi connectivity index (χ1) is 7.72.